The average molecular weight is 345 g/mol. The lowest BCUT2D eigenvalue weighted by molar-refractivity contribution is -0.142. The molecule has 108 valence electrons. The van der Waals surface area contributed by atoms with Crippen molar-refractivity contribution >= 4 is 33.6 Å². The number of carbonyl (C=O) groups excluding carboxylic acids is 1. The van der Waals surface area contributed by atoms with E-state index in [9.17, 15) is 14.0 Å². The number of carbonyl (C=O) groups is 2. The van der Waals surface area contributed by atoms with E-state index >= 15 is 0 Å². The summed E-state index contributed by atoms with van der Waals surface area (Å²) in [6.07, 6.45) is 0.442. The van der Waals surface area contributed by atoms with E-state index < -0.39 is 17.7 Å². The first-order valence-electron chi connectivity index (χ1n) is 6.15. The zero-order valence-corrected chi connectivity index (χ0v) is 12.4. The van der Waals surface area contributed by atoms with Gasteiger partial charge in [0.15, 0.2) is 0 Å². The number of likely N-dealkylation sites (tertiary alicyclic amines) is 1. The number of aliphatic carboxylic acids is 1. The Labute approximate surface area is 123 Å². The predicted octanol–water partition coefficient (Wildman–Crippen LogP) is 2.92. The number of nitrogens with one attached hydrogen (secondary N) is 1. The molecule has 2 atom stereocenters. The minimum atomic E-state index is -0.891. The van der Waals surface area contributed by atoms with Crippen LogP contribution in [0.5, 0.6) is 0 Å². The van der Waals surface area contributed by atoms with Gasteiger partial charge in [0.1, 0.15) is 5.82 Å². The highest BCUT2D eigenvalue weighted by Gasteiger charge is 2.38. The van der Waals surface area contributed by atoms with Crippen molar-refractivity contribution in [1.82, 2.24) is 4.90 Å². The molecule has 20 heavy (non-hydrogen) atoms. The largest absolute Gasteiger partial charge is 0.481 e. The molecule has 0 radical (unpaired) electrons. The second-order valence-electron chi connectivity index (χ2n) is 4.73. The number of benzene rings is 1. The molecule has 1 fully saturated rings. The van der Waals surface area contributed by atoms with Gasteiger partial charge in [0.05, 0.1) is 10.4 Å². The Hall–Kier alpha value is -1.63. The van der Waals surface area contributed by atoms with Gasteiger partial charge in [0.2, 0.25) is 0 Å². The van der Waals surface area contributed by atoms with E-state index in [1.807, 2.05) is 0 Å². The summed E-state index contributed by atoms with van der Waals surface area (Å²) in [4.78, 5) is 24.6. The molecule has 2 unspecified atom stereocenters. The van der Waals surface area contributed by atoms with Gasteiger partial charge >= 0.3 is 12.0 Å². The van der Waals surface area contributed by atoms with Crippen molar-refractivity contribution in [2.45, 2.75) is 19.4 Å². The standard InChI is InChI=1S/C13H14BrFN2O3/c1-7-9(12(18)19)4-5-17(7)13(20)16-8-2-3-11(15)10(14)6-8/h2-3,6-7,9H,4-5H2,1H3,(H,16,20)(H,18,19). The summed E-state index contributed by atoms with van der Waals surface area (Å²) >= 11 is 3.04. The van der Waals surface area contributed by atoms with E-state index in [4.69, 9.17) is 5.11 Å². The van der Waals surface area contributed by atoms with Gasteiger partial charge in [-0.1, -0.05) is 0 Å². The maximum absolute atomic E-state index is 13.1. The monoisotopic (exact) mass is 344 g/mol. The number of anilines is 1. The Morgan fingerprint density at radius 1 is 1.50 bits per heavy atom. The van der Waals surface area contributed by atoms with Gasteiger partial charge in [0.25, 0.3) is 0 Å². The molecule has 7 heteroatoms. The molecule has 0 bridgehead atoms. The van der Waals surface area contributed by atoms with Crippen LogP contribution < -0.4 is 5.32 Å². The van der Waals surface area contributed by atoms with Crippen LogP contribution in [0.1, 0.15) is 13.3 Å². The van der Waals surface area contributed by atoms with Gasteiger partial charge < -0.3 is 15.3 Å². The molecule has 5 nitrogen and oxygen atoms in total. The SMILES string of the molecule is CC1C(C(=O)O)CCN1C(=O)Nc1ccc(F)c(Br)c1. The van der Waals surface area contributed by atoms with E-state index in [1.54, 1.807) is 6.92 Å². The Balaban J connectivity index is 2.05. The molecule has 0 aliphatic carbocycles. The summed E-state index contributed by atoms with van der Waals surface area (Å²) in [6, 6.07) is 3.42. The van der Waals surface area contributed by atoms with Crippen LogP contribution in [0.4, 0.5) is 14.9 Å². The Morgan fingerprint density at radius 2 is 2.20 bits per heavy atom. The highest BCUT2D eigenvalue weighted by atomic mass is 79.9. The molecule has 1 aromatic carbocycles. The quantitative estimate of drug-likeness (QED) is 0.866. The maximum Gasteiger partial charge on any atom is 0.322 e. The van der Waals surface area contributed by atoms with E-state index in [0.717, 1.165) is 0 Å². The molecule has 1 heterocycles. The van der Waals surface area contributed by atoms with E-state index in [1.165, 1.54) is 23.1 Å². The molecule has 2 rings (SSSR count). The van der Waals surface area contributed by atoms with E-state index in [2.05, 4.69) is 21.2 Å². The van der Waals surface area contributed by atoms with Crippen molar-refractivity contribution in [2.75, 3.05) is 11.9 Å². The molecular weight excluding hydrogens is 331 g/mol. The van der Waals surface area contributed by atoms with Crippen LogP contribution in [0.15, 0.2) is 22.7 Å². The van der Waals surface area contributed by atoms with Crippen molar-refractivity contribution in [2.24, 2.45) is 5.92 Å². The second-order valence-corrected chi connectivity index (χ2v) is 5.58. The summed E-state index contributed by atoms with van der Waals surface area (Å²) in [5.74, 6) is -1.85. The van der Waals surface area contributed by atoms with Gasteiger partial charge in [-0.2, -0.15) is 0 Å². The molecule has 0 saturated carbocycles. The molecular formula is C13H14BrFN2O3. The molecule has 1 aliphatic heterocycles. The fourth-order valence-corrected chi connectivity index (χ4v) is 2.70. The minimum Gasteiger partial charge on any atom is -0.481 e. The molecule has 2 N–H and O–H groups in total. The smallest absolute Gasteiger partial charge is 0.322 e. The third kappa shape index (κ3) is 2.92. The fourth-order valence-electron chi connectivity index (χ4n) is 2.33. The second kappa shape index (κ2) is 5.78. The Morgan fingerprint density at radius 3 is 2.75 bits per heavy atom. The first-order valence-corrected chi connectivity index (χ1v) is 6.95. The topological polar surface area (TPSA) is 69.6 Å². The molecule has 1 aromatic rings. The molecule has 1 saturated heterocycles. The van der Waals surface area contributed by atoms with Crippen LogP contribution >= 0.6 is 15.9 Å². The van der Waals surface area contributed by atoms with E-state index in [0.29, 0.717) is 18.7 Å². The minimum absolute atomic E-state index is 0.258. The zero-order chi connectivity index (χ0) is 14.9. The Bertz CT molecular complexity index is 552. The van der Waals surface area contributed by atoms with Crippen LogP contribution in [-0.4, -0.2) is 34.6 Å². The lowest BCUT2D eigenvalue weighted by Gasteiger charge is -2.23. The molecule has 0 aromatic heterocycles. The summed E-state index contributed by atoms with van der Waals surface area (Å²) < 4.78 is 13.4. The lowest BCUT2D eigenvalue weighted by atomic mass is 10.0. The predicted molar refractivity (Wildman–Crippen MR) is 75.0 cm³/mol. The van der Waals surface area contributed by atoms with Crippen molar-refractivity contribution < 1.29 is 19.1 Å². The number of urea groups is 1. The number of nitrogens with zero attached hydrogens (tertiary/aromatic N) is 1. The van der Waals surface area contributed by atoms with Crippen LogP contribution in [0.3, 0.4) is 0 Å². The van der Waals surface area contributed by atoms with Crippen LogP contribution in [-0.2, 0) is 4.79 Å². The van der Waals surface area contributed by atoms with Crippen LogP contribution in [0.25, 0.3) is 0 Å². The molecule has 0 spiro atoms. The summed E-state index contributed by atoms with van der Waals surface area (Å²) in [6.45, 7) is 2.11. The number of carboxylic acids is 1. The molecule has 1 aliphatic rings. The number of amides is 2. The van der Waals surface area contributed by atoms with Gasteiger partial charge in [-0.05, 0) is 47.5 Å². The third-order valence-electron chi connectivity index (χ3n) is 3.50. The third-order valence-corrected chi connectivity index (χ3v) is 4.11. The maximum atomic E-state index is 13.1. The van der Waals surface area contributed by atoms with Crippen molar-refractivity contribution in [1.29, 1.82) is 0 Å². The van der Waals surface area contributed by atoms with Crippen LogP contribution in [0.2, 0.25) is 0 Å². The highest BCUT2D eigenvalue weighted by Crippen LogP contribution is 2.26. The van der Waals surface area contributed by atoms with Gasteiger partial charge in [-0.15, -0.1) is 0 Å². The fraction of sp³-hybridized carbons (Fsp3) is 0.385. The number of rotatable bonds is 2. The number of halogens is 2. The van der Waals surface area contributed by atoms with Gasteiger partial charge in [-0.25, -0.2) is 9.18 Å². The highest BCUT2D eigenvalue weighted by molar-refractivity contribution is 9.10. The van der Waals surface area contributed by atoms with Crippen molar-refractivity contribution in [3.63, 3.8) is 0 Å². The normalized spacial score (nSPS) is 21.9. The summed E-state index contributed by atoms with van der Waals surface area (Å²) in [7, 11) is 0. The van der Waals surface area contributed by atoms with Crippen molar-refractivity contribution in [3.05, 3.63) is 28.5 Å². The number of hydrogen-bond donors (Lipinski definition) is 2. The zero-order valence-electron chi connectivity index (χ0n) is 10.8. The first-order chi connectivity index (χ1) is 9.40. The van der Waals surface area contributed by atoms with Crippen LogP contribution in [0, 0.1) is 11.7 Å². The number of hydrogen-bond acceptors (Lipinski definition) is 2. The number of carboxylic acid groups (broad SMARTS) is 1. The van der Waals surface area contributed by atoms with Gasteiger partial charge in [-0.3, -0.25) is 4.79 Å². The Kier molecular flexibility index (Phi) is 4.27. The van der Waals surface area contributed by atoms with E-state index in [-0.39, 0.29) is 16.5 Å². The summed E-state index contributed by atoms with van der Waals surface area (Å²) in [5, 5.41) is 11.7. The molecule has 2 amide bonds. The summed E-state index contributed by atoms with van der Waals surface area (Å²) in [5.41, 5.74) is 0.453. The first kappa shape index (κ1) is 14.8. The lowest BCUT2D eigenvalue weighted by Crippen LogP contribution is -2.40. The van der Waals surface area contributed by atoms with Gasteiger partial charge in [0, 0.05) is 18.3 Å². The average Bonchev–Trinajstić information content (AvgIpc) is 2.76. The van der Waals surface area contributed by atoms with Crippen molar-refractivity contribution in [3.8, 4) is 0 Å².